The summed E-state index contributed by atoms with van der Waals surface area (Å²) in [5.74, 6) is 0.171. The maximum Gasteiger partial charge on any atom is 0.407 e. The van der Waals surface area contributed by atoms with Crippen LogP contribution >= 0.6 is 11.8 Å². The predicted molar refractivity (Wildman–Crippen MR) is 118 cm³/mol. The number of rotatable bonds is 10. The van der Waals surface area contributed by atoms with E-state index in [2.05, 4.69) is 17.4 Å². The van der Waals surface area contributed by atoms with Gasteiger partial charge in [-0.15, -0.1) is 0 Å². The molecule has 2 atom stereocenters. The van der Waals surface area contributed by atoms with E-state index in [0.717, 1.165) is 28.0 Å². The van der Waals surface area contributed by atoms with Crippen molar-refractivity contribution in [3.05, 3.63) is 59.7 Å². The molecule has 7 heteroatoms. The van der Waals surface area contributed by atoms with Gasteiger partial charge in [-0.25, -0.2) is 9.59 Å². The molecule has 1 amide bonds. The maximum atomic E-state index is 12.3. The SMILES string of the molecule is CC(O)CCSCCC(NC(=O)OCC1c2ccccc2-c2ccccc21)C(=O)O. The van der Waals surface area contributed by atoms with Gasteiger partial charge in [0.15, 0.2) is 0 Å². The van der Waals surface area contributed by atoms with Crippen LogP contribution < -0.4 is 5.32 Å². The lowest BCUT2D eigenvalue weighted by atomic mass is 9.98. The molecule has 160 valence electrons. The molecule has 3 N–H and O–H groups in total. The Bertz CT molecular complexity index is 840. The fourth-order valence-electron chi connectivity index (χ4n) is 3.60. The van der Waals surface area contributed by atoms with Crippen LogP contribution in [0.15, 0.2) is 48.5 Å². The molecular formula is C23H27NO5S. The molecule has 0 radical (unpaired) electrons. The molecule has 1 aliphatic carbocycles. The van der Waals surface area contributed by atoms with Crippen LogP contribution in [0.4, 0.5) is 4.79 Å². The Balaban J connectivity index is 1.54. The van der Waals surface area contributed by atoms with E-state index in [-0.39, 0.29) is 18.6 Å². The summed E-state index contributed by atoms with van der Waals surface area (Å²) >= 11 is 1.56. The Morgan fingerprint density at radius 1 is 1.03 bits per heavy atom. The third kappa shape index (κ3) is 5.55. The molecule has 0 spiro atoms. The Labute approximate surface area is 180 Å². The maximum absolute atomic E-state index is 12.3. The van der Waals surface area contributed by atoms with E-state index in [0.29, 0.717) is 18.6 Å². The second-order valence-corrected chi connectivity index (χ2v) is 8.62. The number of alkyl carbamates (subject to hydrolysis) is 1. The number of amides is 1. The van der Waals surface area contributed by atoms with Gasteiger partial charge in [0.1, 0.15) is 12.6 Å². The summed E-state index contributed by atoms with van der Waals surface area (Å²) < 4.78 is 5.43. The van der Waals surface area contributed by atoms with Crippen LogP contribution in [0.25, 0.3) is 11.1 Å². The van der Waals surface area contributed by atoms with Crippen molar-refractivity contribution in [1.82, 2.24) is 5.32 Å². The Morgan fingerprint density at radius 2 is 1.60 bits per heavy atom. The molecule has 6 nitrogen and oxygen atoms in total. The zero-order valence-corrected chi connectivity index (χ0v) is 17.7. The first kappa shape index (κ1) is 22.2. The van der Waals surface area contributed by atoms with Crippen molar-refractivity contribution in [2.45, 2.75) is 37.8 Å². The zero-order valence-electron chi connectivity index (χ0n) is 16.9. The molecule has 2 aromatic carbocycles. The number of nitrogens with one attached hydrogen (secondary N) is 1. The molecule has 1 aliphatic rings. The number of carbonyl (C=O) groups excluding carboxylic acids is 1. The number of hydrogen-bond acceptors (Lipinski definition) is 5. The number of thioether (sulfide) groups is 1. The first-order valence-electron chi connectivity index (χ1n) is 10.1. The lowest BCUT2D eigenvalue weighted by Gasteiger charge is -2.17. The molecule has 3 rings (SSSR count). The van der Waals surface area contributed by atoms with Crippen LogP contribution in [-0.2, 0) is 9.53 Å². The van der Waals surface area contributed by atoms with Crippen LogP contribution in [0, 0.1) is 0 Å². The van der Waals surface area contributed by atoms with Crippen molar-refractivity contribution in [3.63, 3.8) is 0 Å². The number of aliphatic carboxylic acids is 1. The van der Waals surface area contributed by atoms with E-state index in [9.17, 15) is 19.8 Å². The van der Waals surface area contributed by atoms with Gasteiger partial charge in [0, 0.05) is 5.92 Å². The van der Waals surface area contributed by atoms with Crippen LogP contribution in [0.1, 0.15) is 36.8 Å². The fourth-order valence-corrected chi connectivity index (χ4v) is 4.71. The van der Waals surface area contributed by atoms with Crippen molar-refractivity contribution in [2.75, 3.05) is 18.1 Å². The minimum Gasteiger partial charge on any atom is -0.480 e. The standard InChI is InChI=1S/C23H27NO5S/c1-15(25)10-12-30-13-11-21(22(26)27)24-23(28)29-14-20-18-8-4-2-6-16(18)17-7-3-5-9-19(17)20/h2-9,15,20-21,25H,10-14H2,1H3,(H,24,28)(H,26,27). The van der Waals surface area contributed by atoms with Gasteiger partial charge < -0.3 is 20.3 Å². The summed E-state index contributed by atoms with van der Waals surface area (Å²) in [7, 11) is 0. The van der Waals surface area contributed by atoms with Gasteiger partial charge in [-0.3, -0.25) is 0 Å². The number of fused-ring (bicyclic) bond motifs is 3. The van der Waals surface area contributed by atoms with Gasteiger partial charge in [-0.05, 0) is 53.5 Å². The fraction of sp³-hybridized carbons (Fsp3) is 0.391. The smallest absolute Gasteiger partial charge is 0.407 e. The van der Waals surface area contributed by atoms with Gasteiger partial charge >= 0.3 is 12.1 Å². The highest BCUT2D eigenvalue weighted by molar-refractivity contribution is 7.99. The van der Waals surface area contributed by atoms with Crippen LogP contribution in [-0.4, -0.2) is 52.5 Å². The highest BCUT2D eigenvalue weighted by Gasteiger charge is 2.29. The molecule has 0 heterocycles. The molecule has 0 aromatic heterocycles. The number of hydrogen-bond donors (Lipinski definition) is 3. The normalized spacial score (nSPS) is 14.5. The van der Waals surface area contributed by atoms with E-state index in [1.54, 1.807) is 18.7 Å². The van der Waals surface area contributed by atoms with Crippen LogP contribution in [0.5, 0.6) is 0 Å². The Hall–Kier alpha value is -2.51. The molecule has 0 bridgehead atoms. The predicted octanol–water partition coefficient (Wildman–Crippen LogP) is 3.87. The van der Waals surface area contributed by atoms with Crippen molar-refractivity contribution in [2.24, 2.45) is 0 Å². The average molecular weight is 430 g/mol. The van der Waals surface area contributed by atoms with Crippen LogP contribution in [0.2, 0.25) is 0 Å². The number of carboxylic acids is 1. The van der Waals surface area contributed by atoms with E-state index in [1.165, 1.54) is 0 Å². The minimum absolute atomic E-state index is 0.0672. The minimum atomic E-state index is -1.08. The number of benzene rings is 2. The molecule has 0 aliphatic heterocycles. The highest BCUT2D eigenvalue weighted by Crippen LogP contribution is 2.44. The first-order chi connectivity index (χ1) is 14.5. The average Bonchev–Trinajstić information content (AvgIpc) is 3.04. The van der Waals surface area contributed by atoms with E-state index in [4.69, 9.17) is 4.74 Å². The van der Waals surface area contributed by atoms with Crippen LogP contribution in [0.3, 0.4) is 0 Å². The second kappa shape index (κ2) is 10.5. The quantitative estimate of drug-likeness (QED) is 0.496. The van der Waals surface area contributed by atoms with Gasteiger partial charge in [0.25, 0.3) is 0 Å². The first-order valence-corrected chi connectivity index (χ1v) is 11.2. The number of ether oxygens (including phenoxy) is 1. The Morgan fingerprint density at radius 3 is 2.17 bits per heavy atom. The lowest BCUT2D eigenvalue weighted by Crippen LogP contribution is -2.41. The van der Waals surface area contributed by atoms with E-state index in [1.807, 2.05) is 36.4 Å². The lowest BCUT2D eigenvalue weighted by molar-refractivity contribution is -0.139. The molecule has 0 saturated carbocycles. The molecule has 2 aromatic rings. The second-order valence-electron chi connectivity index (χ2n) is 7.40. The number of aliphatic hydroxyl groups is 1. The van der Waals surface area contributed by atoms with E-state index >= 15 is 0 Å². The highest BCUT2D eigenvalue weighted by atomic mass is 32.2. The zero-order chi connectivity index (χ0) is 21.5. The molecule has 30 heavy (non-hydrogen) atoms. The summed E-state index contributed by atoms with van der Waals surface area (Å²) in [6.45, 7) is 1.87. The van der Waals surface area contributed by atoms with E-state index < -0.39 is 18.1 Å². The van der Waals surface area contributed by atoms with Gasteiger partial charge in [0.2, 0.25) is 0 Å². The number of carbonyl (C=O) groups is 2. The summed E-state index contributed by atoms with van der Waals surface area (Å²) in [6, 6.07) is 15.1. The summed E-state index contributed by atoms with van der Waals surface area (Å²) in [5, 5.41) is 21.1. The topological polar surface area (TPSA) is 95.9 Å². The van der Waals surface area contributed by atoms with Gasteiger partial charge in [0.05, 0.1) is 6.10 Å². The monoisotopic (exact) mass is 429 g/mol. The molecule has 0 saturated heterocycles. The largest absolute Gasteiger partial charge is 0.480 e. The molecule has 2 unspecified atom stereocenters. The van der Waals surface area contributed by atoms with Crippen molar-refractivity contribution < 1.29 is 24.5 Å². The van der Waals surface area contributed by atoms with Crippen molar-refractivity contribution >= 4 is 23.8 Å². The third-order valence-corrected chi connectivity index (χ3v) is 6.21. The number of aliphatic hydroxyl groups excluding tert-OH is 1. The third-order valence-electron chi connectivity index (χ3n) is 5.16. The van der Waals surface area contributed by atoms with Crippen molar-refractivity contribution in [3.8, 4) is 11.1 Å². The summed E-state index contributed by atoms with van der Waals surface area (Å²) in [4.78, 5) is 23.8. The number of carboxylic acid groups (broad SMARTS) is 1. The summed E-state index contributed by atoms with van der Waals surface area (Å²) in [6.07, 6.45) is -0.142. The summed E-state index contributed by atoms with van der Waals surface area (Å²) in [5.41, 5.74) is 4.49. The van der Waals surface area contributed by atoms with Gasteiger partial charge in [-0.1, -0.05) is 48.5 Å². The molecule has 0 fully saturated rings. The molecular weight excluding hydrogens is 402 g/mol. The van der Waals surface area contributed by atoms with Gasteiger partial charge in [-0.2, -0.15) is 11.8 Å². The Kier molecular flexibility index (Phi) is 7.76. The van der Waals surface area contributed by atoms with Crippen molar-refractivity contribution in [1.29, 1.82) is 0 Å².